The van der Waals surface area contributed by atoms with Gasteiger partial charge in [-0.05, 0) is 57.2 Å². The highest BCUT2D eigenvalue weighted by Gasteiger charge is 2.39. The summed E-state index contributed by atoms with van der Waals surface area (Å²) in [6.07, 6.45) is -1.46. The molecule has 0 unspecified atom stereocenters. The third kappa shape index (κ3) is 7.60. The number of nitro benzene ring substituents is 1. The van der Waals surface area contributed by atoms with E-state index in [0.717, 1.165) is 7.11 Å². The summed E-state index contributed by atoms with van der Waals surface area (Å²) in [5, 5.41) is 15.8. The molecule has 0 bridgehead atoms. The van der Waals surface area contributed by atoms with E-state index < -0.39 is 46.4 Å². The molecule has 0 heterocycles. The summed E-state index contributed by atoms with van der Waals surface area (Å²) in [4.78, 5) is 60.1. The number of esters is 2. The maximum absolute atomic E-state index is 12.8. The van der Waals surface area contributed by atoms with Gasteiger partial charge in [0.15, 0.2) is 12.1 Å². The molecule has 2 N–H and O–H groups in total. The summed E-state index contributed by atoms with van der Waals surface area (Å²) >= 11 is 0. The number of amides is 2. The summed E-state index contributed by atoms with van der Waals surface area (Å²) in [5.74, 6) is -2.98. The number of nitro groups is 1. The minimum atomic E-state index is -1.48. The van der Waals surface area contributed by atoms with Crippen LogP contribution in [-0.4, -0.2) is 60.6 Å². The summed E-state index contributed by atoms with van der Waals surface area (Å²) in [5.41, 5.74) is -0.322. The zero-order valence-corrected chi connectivity index (χ0v) is 20.4. The van der Waals surface area contributed by atoms with E-state index in [1.54, 1.807) is 20.8 Å². The average molecular weight is 501 g/mol. The Bertz CT molecular complexity index is 1120. The number of benzene rings is 2. The number of rotatable bonds is 9. The van der Waals surface area contributed by atoms with Crippen molar-refractivity contribution in [2.45, 2.75) is 38.5 Å². The molecule has 2 atom stereocenters. The molecule has 192 valence electrons. The quantitative estimate of drug-likeness (QED) is 0.298. The molecule has 2 aromatic carbocycles. The SMILES string of the molecule is COC(=O)[C@H](NC(=O)c1ccc(NC(=O)c2ccc([N+](=O)[O-])cc2)cc1)[C@H](OC)C(=O)OC(C)(C)C. The molecule has 2 aromatic rings. The summed E-state index contributed by atoms with van der Waals surface area (Å²) in [6.45, 7) is 4.93. The summed E-state index contributed by atoms with van der Waals surface area (Å²) in [7, 11) is 2.30. The molecule has 0 spiro atoms. The van der Waals surface area contributed by atoms with Crippen LogP contribution in [0.2, 0.25) is 0 Å². The van der Waals surface area contributed by atoms with E-state index in [1.807, 2.05) is 0 Å². The Labute approximate surface area is 207 Å². The average Bonchev–Trinajstić information content (AvgIpc) is 2.82. The zero-order chi connectivity index (χ0) is 27.0. The van der Waals surface area contributed by atoms with Gasteiger partial charge in [0, 0.05) is 36.1 Å². The normalized spacial score (nSPS) is 12.6. The number of hydrogen-bond donors (Lipinski definition) is 2. The van der Waals surface area contributed by atoms with Gasteiger partial charge in [-0.15, -0.1) is 0 Å². The topological polar surface area (TPSA) is 163 Å². The molecule has 2 rings (SSSR count). The Morgan fingerprint density at radius 2 is 1.39 bits per heavy atom. The number of hydrogen-bond acceptors (Lipinski definition) is 9. The highest BCUT2D eigenvalue weighted by atomic mass is 16.6. The number of non-ortho nitro benzene ring substituents is 1. The van der Waals surface area contributed by atoms with E-state index in [-0.39, 0.29) is 16.8 Å². The number of carbonyl (C=O) groups excluding carboxylic acids is 4. The van der Waals surface area contributed by atoms with Crippen molar-refractivity contribution in [2.24, 2.45) is 0 Å². The molecule has 36 heavy (non-hydrogen) atoms. The summed E-state index contributed by atoms with van der Waals surface area (Å²) < 4.78 is 15.1. The number of nitrogens with one attached hydrogen (secondary N) is 2. The van der Waals surface area contributed by atoms with Crippen LogP contribution in [0.25, 0.3) is 0 Å². The van der Waals surface area contributed by atoms with Crippen molar-refractivity contribution in [1.82, 2.24) is 5.32 Å². The van der Waals surface area contributed by atoms with Crippen LogP contribution in [0.5, 0.6) is 0 Å². The van der Waals surface area contributed by atoms with Gasteiger partial charge in [0.2, 0.25) is 0 Å². The molecule has 12 heteroatoms. The first-order valence-electron chi connectivity index (χ1n) is 10.7. The third-order valence-electron chi connectivity index (χ3n) is 4.68. The van der Waals surface area contributed by atoms with E-state index in [0.29, 0.717) is 5.69 Å². The maximum Gasteiger partial charge on any atom is 0.338 e. The van der Waals surface area contributed by atoms with Gasteiger partial charge >= 0.3 is 11.9 Å². The first-order valence-corrected chi connectivity index (χ1v) is 10.7. The first kappa shape index (κ1) is 27.9. The molecule has 0 radical (unpaired) electrons. The second kappa shape index (κ2) is 11.9. The van der Waals surface area contributed by atoms with E-state index in [2.05, 4.69) is 10.6 Å². The van der Waals surface area contributed by atoms with Crippen molar-refractivity contribution in [3.05, 3.63) is 69.8 Å². The van der Waals surface area contributed by atoms with Gasteiger partial charge in [-0.25, -0.2) is 9.59 Å². The van der Waals surface area contributed by atoms with Gasteiger partial charge in [-0.1, -0.05) is 0 Å². The molecule has 0 aromatic heterocycles. The minimum Gasteiger partial charge on any atom is -0.467 e. The fourth-order valence-electron chi connectivity index (χ4n) is 2.98. The van der Waals surface area contributed by atoms with Crippen molar-refractivity contribution in [3.8, 4) is 0 Å². The Balaban J connectivity index is 2.12. The van der Waals surface area contributed by atoms with Gasteiger partial charge in [0.05, 0.1) is 12.0 Å². The van der Waals surface area contributed by atoms with Crippen molar-refractivity contribution >= 4 is 35.1 Å². The lowest BCUT2D eigenvalue weighted by molar-refractivity contribution is -0.384. The van der Waals surface area contributed by atoms with E-state index in [4.69, 9.17) is 14.2 Å². The van der Waals surface area contributed by atoms with Gasteiger partial charge in [0.1, 0.15) is 5.60 Å². The first-order chi connectivity index (χ1) is 16.9. The maximum atomic E-state index is 12.8. The smallest absolute Gasteiger partial charge is 0.338 e. The lowest BCUT2D eigenvalue weighted by Crippen LogP contribution is -2.54. The van der Waals surface area contributed by atoms with Gasteiger partial charge in [-0.3, -0.25) is 19.7 Å². The molecular weight excluding hydrogens is 474 g/mol. The van der Waals surface area contributed by atoms with Crippen LogP contribution < -0.4 is 10.6 Å². The van der Waals surface area contributed by atoms with Gasteiger partial charge in [0.25, 0.3) is 17.5 Å². The lowest BCUT2D eigenvalue weighted by atomic mass is 10.1. The predicted molar refractivity (Wildman–Crippen MR) is 127 cm³/mol. The molecule has 0 fully saturated rings. The molecule has 0 aliphatic heterocycles. The predicted octanol–water partition coefficient (Wildman–Crippen LogP) is 2.48. The van der Waals surface area contributed by atoms with E-state index in [1.165, 1.54) is 55.6 Å². The largest absolute Gasteiger partial charge is 0.467 e. The number of nitrogens with zero attached hydrogens (tertiary/aromatic N) is 1. The highest BCUT2D eigenvalue weighted by molar-refractivity contribution is 6.05. The van der Waals surface area contributed by atoms with Crippen LogP contribution in [0.1, 0.15) is 41.5 Å². The standard InChI is InChI=1S/C24H27N3O9/c1-24(2,3)36-23(31)19(34-4)18(22(30)35-5)26-21(29)14-6-10-16(11-7-14)25-20(28)15-8-12-17(13-9-15)27(32)33/h6-13,18-19H,1-5H3,(H,25,28)(H,26,29)/t18-,19+/m1/s1. The molecule has 0 aliphatic rings. The van der Waals surface area contributed by atoms with Crippen LogP contribution >= 0.6 is 0 Å². The second-order valence-corrected chi connectivity index (χ2v) is 8.50. The van der Waals surface area contributed by atoms with Crippen molar-refractivity contribution < 1.29 is 38.3 Å². The molecule has 2 amide bonds. The number of carbonyl (C=O) groups is 4. The van der Waals surface area contributed by atoms with Crippen molar-refractivity contribution in [3.63, 3.8) is 0 Å². The Kier molecular flexibility index (Phi) is 9.22. The Morgan fingerprint density at radius 3 is 1.86 bits per heavy atom. The van der Waals surface area contributed by atoms with Crippen molar-refractivity contribution in [2.75, 3.05) is 19.5 Å². The monoisotopic (exact) mass is 501 g/mol. The van der Waals surface area contributed by atoms with Crippen LogP contribution in [-0.2, 0) is 23.8 Å². The fourth-order valence-corrected chi connectivity index (χ4v) is 2.98. The zero-order valence-electron chi connectivity index (χ0n) is 20.4. The number of ether oxygens (including phenoxy) is 3. The number of methoxy groups -OCH3 is 2. The lowest BCUT2D eigenvalue weighted by Gasteiger charge is -2.27. The molecule has 12 nitrogen and oxygen atoms in total. The molecule has 0 saturated carbocycles. The molecule has 0 aliphatic carbocycles. The minimum absolute atomic E-state index is 0.122. The summed E-state index contributed by atoms with van der Waals surface area (Å²) in [6, 6.07) is 9.27. The molecule has 0 saturated heterocycles. The van der Waals surface area contributed by atoms with Gasteiger partial charge < -0.3 is 24.8 Å². The van der Waals surface area contributed by atoms with E-state index in [9.17, 15) is 29.3 Å². The third-order valence-corrected chi connectivity index (χ3v) is 4.68. The van der Waals surface area contributed by atoms with E-state index >= 15 is 0 Å². The van der Waals surface area contributed by atoms with Crippen molar-refractivity contribution in [1.29, 1.82) is 0 Å². The fraction of sp³-hybridized carbons (Fsp3) is 0.333. The second-order valence-electron chi connectivity index (χ2n) is 8.50. The van der Waals surface area contributed by atoms with Gasteiger partial charge in [-0.2, -0.15) is 0 Å². The Morgan fingerprint density at radius 1 is 0.861 bits per heavy atom. The van der Waals surface area contributed by atoms with Crippen LogP contribution in [0.15, 0.2) is 48.5 Å². The highest BCUT2D eigenvalue weighted by Crippen LogP contribution is 2.16. The van der Waals surface area contributed by atoms with Crippen LogP contribution in [0.3, 0.4) is 0 Å². The van der Waals surface area contributed by atoms with Crippen LogP contribution in [0.4, 0.5) is 11.4 Å². The number of anilines is 1. The molecular formula is C24H27N3O9. The Hall–Kier alpha value is -4.32. The van der Waals surface area contributed by atoms with Crippen LogP contribution in [0, 0.1) is 10.1 Å².